The first-order valence-corrected chi connectivity index (χ1v) is 11.5. The SMILES string of the molecule is O=C(CSc1nc2ccccc2s1)N1N=C(c2ccc(Cl)cc2)CC1c1ccco1. The summed E-state index contributed by atoms with van der Waals surface area (Å²) < 4.78 is 7.59. The Bertz CT molecular complexity index is 1190. The standard InChI is InChI=1S/C22H16ClN3O2S2/c23-15-9-7-14(8-10-15)17-12-18(19-5-3-11-28-19)26(25-17)21(27)13-29-22-24-16-4-1-2-6-20(16)30-22/h1-11,18H,12-13H2. The lowest BCUT2D eigenvalue weighted by atomic mass is 10.0. The van der Waals surface area contributed by atoms with Crippen molar-refractivity contribution in [3.8, 4) is 0 Å². The highest BCUT2D eigenvalue weighted by Crippen LogP contribution is 2.35. The van der Waals surface area contributed by atoms with Gasteiger partial charge in [0.05, 0.1) is 27.9 Å². The number of thiazole rings is 1. The van der Waals surface area contributed by atoms with Crippen LogP contribution >= 0.6 is 34.7 Å². The molecule has 4 aromatic rings. The summed E-state index contributed by atoms with van der Waals surface area (Å²) >= 11 is 9.04. The number of benzene rings is 2. The van der Waals surface area contributed by atoms with E-state index >= 15 is 0 Å². The molecule has 0 spiro atoms. The number of hydrazone groups is 1. The predicted molar refractivity (Wildman–Crippen MR) is 121 cm³/mol. The highest BCUT2D eigenvalue weighted by molar-refractivity contribution is 8.01. The molecule has 0 N–H and O–H groups in total. The molecule has 0 saturated heterocycles. The van der Waals surface area contributed by atoms with Gasteiger partial charge in [-0.25, -0.2) is 9.99 Å². The maximum atomic E-state index is 13.1. The first-order valence-electron chi connectivity index (χ1n) is 9.34. The fourth-order valence-corrected chi connectivity index (χ4v) is 5.41. The number of aromatic nitrogens is 1. The molecule has 5 rings (SSSR count). The smallest absolute Gasteiger partial charge is 0.253 e. The molecule has 150 valence electrons. The predicted octanol–water partition coefficient (Wildman–Crippen LogP) is 6.01. The summed E-state index contributed by atoms with van der Waals surface area (Å²) in [6, 6.07) is 18.9. The molecule has 8 heteroatoms. The second kappa shape index (κ2) is 8.26. The lowest BCUT2D eigenvalue weighted by Gasteiger charge is -2.19. The van der Waals surface area contributed by atoms with Gasteiger partial charge in [0.1, 0.15) is 11.8 Å². The van der Waals surface area contributed by atoms with Crippen LogP contribution in [0.1, 0.15) is 23.8 Å². The summed E-state index contributed by atoms with van der Waals surface area (Å²) in [5.41, 5.74) is 2.74. The van der Waals surface area contributed by atoms with Crippen molar-refractivity contribution in [1.29, 1.82) is 0 Å². The van der Waals surface area contributed by atoms with Crippen molar-refractivity contribution < 1.29 is 9.21 Å². The third-order valence-corrected chi connectivity index (χ3v) is 7.22. The molecule has 30 heavy (non-hydrogen) atoms. The van der Waals surface area contributed by atoms with Crippen LogP contribution in [0.15, 0.2) is 80.8 Å². The topological polar surface area (TPSA) is 58.7 Å². The molecule has 0 bridgehead atoms. The molecule has 3 heterocycles. The summed E-state index contributed by atoms with van der Waals surface area (Å²) in [5, 5.41) is 6.86. The number of carbonyl (C=O) groups excluding carboxylic acids is 1. The number of halogens is 1. The summed E-state index contributed by atoms with van der Waals surface area (Å²) in [7, 11) is 0. The Morgan fingerprint density at radius 2 is 2.00 bits per heavy atom. The Kier molecular flexibility index (Phi) is 5.33. The number of hydrogen-bond donors (Lipinski definition) is 0. The lowest BCUT2D eigenvalue weighted by molar-refractivity contribution is -0.130. The third-order valence-electron chi connectivity index (χ3n) is 4.81. The van der Waals surface area contributed by atoms with Crippen molar-refractivity contribution in [3.63, 3.8) is 0 Å². The minimum atomic E-state index is -0.255. The van der Waals surface area contributed by atoms with Gasteiger partial charge in [-0.1, -0.05) is 47.6 Å². The van der Waals surface area contributed by atoms with E-state index in [1.165, 1.54) is 11.8 Å². The van der Waals surface area contributed by atoms with Gasteiger partial charge in [0, 0.05) is 11.4 Å². The van der Waals surface area contributed by atoms with Crippen LogP contribution in [0.25, 0.3) is 10.2 Å². The second-order valence-electron chi connectivity index (χ2n) is 6.76. The van der Waals surface area contributed by atoms with Crippen LogP contribution in [0.2, 0.25) is 5.02 Å². The minimum absolute atomic E-state index is 0.0791. The van der Waals surface area contributed by atoms with Crippen molar-refractivity contribution in [3.05, 3.63) is 83.3 Å². The number of fused-ring (bicyclic) bond motifs is 1. The number of rotatable bonds is 5. The molecule has 5 nitrogen and oxygen atoms in total. The van der Waals surface area contributed by atoms with E-state index in [0.717, 1.165) is 31.6 Å². The molecule has 2 aromatic carbocycles. The van der Waals surface area contributed by atoms with Crippen LogP contribution in [0, 0.1) is 0 Å². The van der Waals surface area contributed by atoms with Crippen molar-refractivity contribution in [2.45, 2.75) is 16.8 Å². The van der Waals surface area contributed by atoms with E-state index in [-0.39, 0.29) is 17.7 Å². The van der Waals surface area contributed by atoms with Crippen LogP contribution in [0.4, 0.5) is 0 Å². The second-order valence-corrected chi connectivity index (χ2v) is 9.45. The van der Waals surface area contributed by atoms with Crippen LogP contribution in [0.3, 0.4) is 0 Å². The molecular weight excluding hydrogens is 438 g/mol. The van der Waals surface area contributed by atoms with Crippen molar-refractivity contribution in [2.75, 3.05) is 5.75 Å². The van der Waals surface area contributed by atoms with E-state index < -0.39 is 0 Å². The number of carbonyl (C=O) groups is 1. The number of furan rings is 1. The maximum Gasteiger partial charge on any atom is 0.253 e. The first-order chi connectivity index (χ1) is 14.7. The number of amides is 1. The first kappa shape index (κ1) is 19.4. The summed E-state index contributed by atoms with van der Waals surface area (Å²) in [6.07, 6.45) is 2.21. The molecule has 0 aliphatic carbocycles. The molecule has 1 aliphatic rings. The van der Waals surface area contributed by atoms with E-state index in [9.17, 15) is 4.79 Å². The van der Waals surface area contributed by atoms with Crippen LogP contribution < -0.4 is 0 Å². The zero-order valence-electron chi connectivity index (χ0n) is 15.7. The van der Waals surface area contributed by atoms with Gasteiger partial charge in [-0.15, -0.1) is 11.3 Å². The highest BCUT2D eigenvalue weighted by atomic mass is 35.5. The normalized spacial score (nSPS) is 16.2. The monoisotopic (exact) mass is 453 g/mol. The van der Waals surface area contributed by atoms with Crippen molar-refractivity contribution in [2.24, 2.45) is 5.10 Å². The molecule has 2 aromatic heterocycles. The fourth-order valence-electron chi connectivity index (χ4n) is 3.36. The fraction of sp³-hybridized carbons (Fsp3) is 0.136. The van der Waals surface area contributed by atoms with Gasteiger partial charge in [0.2, 0.25) is 0 Å². The largest absolute Gasteiger partial charge is 0.467 e. The lowest BCUT2D eigenvalue weighted by Crippen LogP contribution is -2.28. The Morgan fingerprint density at radius 3 is 2.77 bits per heavy atom. The van der Waals surface area contributed by atoms with Crippen LogP contribution in [0.5, 0.6) is 0 Å². The van der Waals surface area contributed by atoms with Crippen molar-refractivity contribution >= 4 is 56.5 Å². The number of hydrogen-bond acceptors (Lipinski definition) is 6. The summed E-state index contributed by atoms with van der Waals surface area (Å²) in [5.74, 6) is 0.903. The third kappa shape index (κ3) is 3.88. The molecule has 1 aliphatic heterocycles. The van der Waals surface area contributed by atoms with E-state index in [1.807, 2.05) is 60.7 Å². The molecule has 1 unspecified atom stereocenters. The summed E-state index contributed by atoms with van der Waals surface area (Å²) in [6.45, 7) is 0. The van der Waals surface area contributed by atoms with Crippen LogP contribution in [-0.2, 0) is 4.79 Å². The Labute approximate surface area is 186 Å². The zero-order valence-corrected chi connectivity index (χ0v) is 18.1. The van der Waals surface area contributed by atoms with Crippen LogP contribution in [-0.4, -0.2) is 27.4 Å². The molecule has 1 amide bonds. The number of nitrogens with zero attached hydrogens (tertiary/aromatic N) is 3. The summed E-state index contributed by atoms with van der Waals surface area (Å²) in [4.78, 5) is 17.7. The zero-order chi connectivity index (χ0) is 20.5. The quantitative estimate of drug-likeness (QED) is 0.347. The van der Waals surface area contributed by atoms with Gasteiger partial charge in [0.15, 0.2) is 4.34 Å². The average Bonchev–Trinajstić information content (AvgIpc) is 3.51. The van der Waals surface area contributed by atoms with E-state index in [4.69, 9.17) is 16.0 Å². The van der Waals surface area contributed by atoms with Crippen molar-refractivity contribution in [1.82, 2.24) is 9.99 Å². The Morgan fingerprint density at radius 1 is 1.17 bits per heavy atom. The van der Waals surface area contributed by atoms with E-state index in [1.54, 1.807) is 22.6 Å². The van der Waals surface area contributed by atoms with Gasteiger partial charge < -0.3 is 4.42 Å². The number of thioether (sulfide) groups is 1. The molecule has 1 atom stereocenters. The minimum Gasteiger partial charge on any atom is -0.467 e. The highest BCUT2D eigenvalue weighted by Gasteiger charge is 2.34. The molecular formula is C22H16ClN3O2S2. The van der Waals surface area contributed by atoms with Gasteiger partial charge in [-0.05, 0) is 42.0 Å². The Balaban J connectivity index is 1.37. The van der Waals surface area contributed by atoms with Gasteiger partial charge in [-0.3, -0.25) is 4.79 Å². The van der Waals surface area contributed by atoms with E-state index in [0.29, 0.717) is 11.4 Å². The van der Waals surface area contributed by atoms with E-state index in [2.05, 4.69) is 10.1 Å². The average molecular weight is 454 g/mol. The Hall–Kier alpha value is -2.61. The molecule has 0 fully saturated rings. The number of para-hydroxylation sites is 1. The molecule has 0 saturated carbocycles. The van der Waals surface area contributed by atoms with Gasteiger partial charge in [-0.2, -0.15) is 5.10 Å². The van der Waals surface area contributed by atoms with Gasteiger partial charge >= 0.3 is 0 Å². The van der Waals surface area contributed by atoms with Gasteiger partial charge in [0.25, 0.3) is 5.91 Å². The molecule has 0 radical (unpaired) electrons. The maximum absolute atomic E-state index is 13.1.